The van der Waals surface area contributed by atoms with Crippen molar-refractivity contribution < 1.29 is 9.59 Å². The van der Waals surface area contributed by atoms with E-state index in [9.17, 15) is 9.59 Å². The van der Waals surface area contributed by atoms with E-state index in [-0.39, 0.29) is 6.04 Å². The van der Waals surface area contributed by atoms with Gasteiger partial charge in [-0.25, -0.2) is 0 Å². The van der Waals surface area contributed by atoms with Gasteiger partial charge in [0.25, 0.3) is 0 Å². The van der Waals surface area contributed by atoms with Gasteiger partial charge in [0.05, 0.1) is 0 Å². The average molecular weight is 294 g/mol. The highest BCUT2D eigenvalue weighted by Gasteiger charge is 2.25. The predicted molar refractivity (Wildman–Crippen MR) is 83.8 cm³/mol. The molecule has 4 heteroatoms. The number of carbonyl (C=O) groups excluding carboxylic acids is 2. The molecule has 2 rings (SSSR count). The monoisotopic (exact) mass is 294 g/mol. The molecular formula is C17H30N2O2. The minimum Gasteiger partial charge on any atom is -0.348 e. The quantitative estimate of drug-likeness (QED) is 0.783. The van der Waals surface area contributed by atoms with Crippen LogP contribution in [0.3, 0.4) is 0 Å². The van der Waals surface area contributed by atoms with E-state index in [1.165, 1.54) is 38.5 Å². The summed E-state index contributed by atoms with van der Waals surface area (Å²) in [6, 6.07) is 0.176. The molecular weight excluding hydrogens is 264 g/mol. The van der Waals surface area contributed by atoms with E-state index in [1.54, 1.807) is 0 Å². The van der Waals surface area contributed by atoms with Crippen LogP contribution < -0.4 is 10.6 Å². The summed E-state index contributed by atoms with van der Waals surface area (Å²) in [4.78, 5) is 23.8. The van der Waals surface area contributed by atoms with Crippen LogP contribution in [0.15, 0.2) is 0 Å². The third-order valence-corrected chi connectivity index (χ3v) is 5.20. The fraction of sp³-hybridized carbons (Fsp3) is 0.882. The Labute approximate surface area is 128 Å². The highest BCUT2D eigenvalue weighted by atomic mass is 16.2. The average Bonchev–Trinajstić information content (AvgIpc) is 2.50. The second-order valence-electron chi connectivity index (χ2n) is 6.89. The van der Waals surface area contributed by atoms with Crippen LogP contribution >= 0.6 is 0 Å². The third-order valence-electron chi connectivity index (χ3n) is 5.20. The van der Waals surface area contributed by atoms with Gasteiger partial charge in [-0.3, -0.25) is 9.59 Å². The molecule has 2 aliphatic carbocycles. The summed E-state index contributed by atoms with van der Waals surface area (Å²) < 4.78 is 0. The molecule has 2 N–H and O–H groups in total. The van der Waals surface area contributed by atoms with Gasteiger partial charge in [-0.05, 0) is 31.1 Å². The number of nitrogens with one attached hydrogen (secondary N) is 2. The summed E-state index contributed by atoms with van der Waals surface area (Å²) in [6.45, 7) is 2.79. The SMILES string of the molecule is C[C@H]1CCCC[C@@H]1NC(=O)C(=O)NCCC1CCCCC1. The molecule has 2 amide bonds. The van der Waals surface area contributed by atoms with E-state index in [4.69, 9.17) is 0 Å². The fourth-order valence-corrected chi connectivity index (χ4v) is 3.71. The van der Waals surface area contributed by atoms with Crippen molar-refractivity contribution >= 4 is 11.8 Å². The summed E-state index contributed by atoms with van der Waals surface area (Å²) in [7, 11) is 0. The van der Waals surface area contributed by atoms with Crippen LogP contribution in [0.25, 0.3) is 0 Å². The molecule has 0 spiro atoms. The Morgan fingerprint density at radius 2 is 1.57 bits per heavy atom. The molecule has 2 aliphatic rings. The largest absolute Gasteiger partial charge is 0.348 e. The molecule has 0 saturated heterocycles. The van der Waals surface area contributed by atoms with Crippen LogP contribution in [-0.4, -0.2) is 24.4 Å². The molecule has 4 nitrogen and oxygen atoms in total. The van der Waals surface area contributed by atoms with E-state index in [2.05, 4.69) is 17.6 Å². The molecule has 0 aromatic rings. The van der Waals surface area contributed by atoms with E-state index in [0.717, 1.165) is 31.6 Å². The van der Waals surface area contributed by atoms with Crippen LogP contribution in [-0.2, 0) is 9.59 Å². The lowest BCUT2D eigenvalue weighted by atomic mass is 9.86. The molecule has 0 aliphatic heterocycles. The first-order valence-electron chi connectivity index (χ1n) is 8.75. The van der Waals surface area contributed by atoms with Crippen LogP contribution in [0.5, 0.6) is 0 Å². The molecule has 21 heavy (non-hydrogen) atoms. The third kappa shape index (κ3) is 5.33. The van der Waals surface area contributed by atoms with Crippen molar-refractivity contribution in [2.45, 2.75) is 77.2 Å². The van der Waals surface area contributed by atoms with Crippen molar-refractivity contribution in [3.63, 3.8) is 0 Å². The van der Waals surface area contributed by atoms with E-state index >= 15 is 0 Å². The summed E-state index contributed by atoms with van der Waals surface area (Å²) >= 11 is 0. The Kier molecular flexibility index (Phi) is 6.52. The number of hydrogen-bond acceptors (Lipinski definition) is 2. The molecule has 0 aromatic heterocycles. The van der Waals surface area contributed by atoms with Gasteiger partial charge in [0.1, 0.15) is 0 Å². The number of rotatable bonds is 4. The molecule has 0 heterocycles. The maximum atomic E-state index is 11.9. The zero-order valence-electron chi connectivity index (χ0n) is 13.3. The Morgan fingerprint density at radius 3 is 2.29 bits per heavy atom. The van der Waals surface area contributed by atoms with Crippen molar-refractivity contribution in [3.05, 3.63) is 0 Å². The first-order chi connectivity index (χ1) is 10.2. The lowest BCUT2D eigenvalue weighted by Crippen LogP contribution is -2.48. The van der Waals surface area contributed by atoms with Crippen LogP contribution in [0.4, 0.5) is 0 Å². The minimum atomic E-state index is -0.455. The highest BCUT2D eigenvalue weighted by molar-refractivity contribution is 6.35. The first kappa shape index (κ1) is 16.3. The van der Waals surface area contributed by atoms with Crippen molar-refractivity contribution in [1.29, 1.82) is 0 Å². The fourth-order valence-electron chi connectivity index (χ4n) is 3.71. The van der Waals surface area contributed by atoms with Gasteiger partial charge in [0, 0.05) is 12.6 Å². The van der Waals surface area contributed by atoms with Gasteiger partial charge < -0.3 is 10.6 Å². The zero-order chi connectivity index (χ0) is 15.1. The van der Waals surface area contributed by atoms with E-state index in [0.29, 0.717) is 12.5 Å². The Balaban J connectivity index is 1.63. The summed E-state index contributed by atoms with van der Waals surface area (Å²) in [5, 5.41) is 5.69. The van der Waals surface area contributed by atoms with Crippen molar-refractivity contribution in [1.82, 2.24) is 10.6 Å². The van der Waals surface area contributed by atoms with Gasteiger partial charge >= 0.3 is 11.8 Å². The molecule has 2 atom stereocenters. The Morgan fingerprint density at radius 1 is 0.905 bits per heavy atom. The van der Waals surface area contributed by atoms with E-state index in [1.807, 2.05) is 0 Å². The van der Waals surface area contributed by atoms with Crippen molar-refractivity contribution in [2.75, 3.05) is 6.54 Å². The number of hydrogen-bond donors (Lipinski definition) is 2. The molecule has 0 aromatic carbocycles. The predicted octanol–water partition coefficient (Wildman–Crippen LogP) is 2.77. The van der Waals surface area contributed by atoms with Gasteiger partial charge in [0.2, 0.25) is 0 Å². The summed E-state index contributed by atoms with van der Waals surface area (Å²) in [5.41, 5.74) is 0. The second-order valence-corrected chi connectivity index (χ2v) is 6.89. The van der Waals surface area contributed by atoms with Crippen LogP contribution in [0.2, 0.25) is 0 Å². The molecule has 2 saturated carbocycles. The second kappa shape index (κ2) is 8.40. The topological polar surface area (TPSA) is 58.2 Å². The molecule has 120 valence electrons. The van der Waals surface area contributed by atoms with Crippen molar-refractivity contribution in [2.24, 2.45) is 11.8 Å². The summed E-state index contributed by atoms with van der Waals surface area (Å²) in [5.74, 6) is 0.319. The Bertz CT molecular complexity index is 351. The van der Waals surface area contributed by atoms with Gasteiger partial charge in [-0.15, -0.1) is 0 Å². The van der Waals surface area contributed by atoms with Crippen molar-refractivity contribution in [3.8, 4) is 0 Å². The molecule has 0 radical (unpaired) electrons. The zero-order valence-corrected chi connectivity index (χ0v) is 13.3. The number of carbonyl (C=O) groups is 2. The molecule has 0 bridgehead atoms. The highest BCUT2D eigenvalue weighted by Crippen LogP contribution is 2.26. The maximum absolute atomic E-state index is 11.9. The standard InChI is InChI=1S/C17H30N2O2/c1-13-7-5-6-10-15(13)19-17(21)16(20)18-12-11-14-8-3-2-4-9-14/h13-15H,2-12H2,1H3,(H,18,20)(H,19,21)/t13-,15-/m0/s1. The molecule has 2 fully saturated rings. The lowest BCUT2D eigenvalue weighted by Gasteiger charge is -2.29. The van der Waals surface area contributed by atoms with Crippen LogP contribution in [0, 0.1) is 11.8 Å². The first-order valence-corrected chi connectivity index (χ1v) is 8.75. The molecule has 0 unspecified atom stereocenters. The van der Waals surface area contributed by atoms with Gasteiger partial charge in [-0.2, -0.15) is 0 Å². The lowest BCUT2D eigenvalue weighted by molar-refractivity contribution is -0.140. The normalized spacial score (nSPS) is 27.1. The van der Waals surface area contributed by atoms with E-state index < -0.39 is 11.8 Å². The van der Waals surface area contributed by atoms with Gasteiger partial charge in [0.15, 0.2) is 0 Å². The summed E-state index contributed by atoms with van der Waals surface area (Å²) in [6.07, 6.45) is 12.1. The Hall–Kier alpha value is -1.06. The van der Waals surface area contributed by atoms with Gasteiger partial charge in [-0.1, -0.05) is 51.9 Å². The number of amides is 2. The maximum Gasteiger partial charge on any atom is 0.309 e. The minimum absolute atomic E-state index is 0.176. The smallest absolute Gasteiger partial charge is 0.309 e. The van der Waals surface area contributed by atoms with Crippen LogP contribution in [0.1, 0.15) is 71.1 Å².